The molecule has 34 heavy (non-hydrogen) atoms. The third-order valence-electron chi connectivity index (χ3n) is 6.08. The average molecular weight is 465 g/mol. The quantitative estimate of drug-likeness (QED) is 0.415. The fourth-order valence-corrected chi connectivity index (χ4v) is 4.41. The zero-order valence-electron chi connectivity index (χ0n) is 20.1. The van der Waals surface area contributed by atoms with Gasteiger partial charge in [-0.1, -0.05) is 49.4 Å². The first-order chi connectivity index (χ1) is 16.3. The molecule has 180 valence electrons. The summed E-state index contributed by atoms with van der Waals surface area (Å²) in [5.41, 5.74) is 2.97. The van der Waals surface area contributed by atoms with Crippen molar-refractivity contribution in [3.8, 4) is 0 Å². The summed E-state index contributed by atoms with van der Waals surface area (Å²) in [5.74, 6) is 1.57. The summed E-state index contributed by atoms with van der Waals surface area (Å²) in [6.45, 7) is 5.93. The second-order valence-electron chi connectivity index (χ2n) is 9.06. The molecule has 0 bridgehead atoms. The number of nitrogens with one attached hydrogen (secondary N) is 1. The first-order valence-electron chi connectivity index (χ1n) is 11.6. The minimum absolute atomic E-state index is 0.146. The second kappa shape index (κ2) is 10.0. The van der Waals surface area contributed by atoms with Crippen molar-refractivity contribution in [1.29, 1.82) is 0 Å². The van der Waals surface area contributed by atoms with Crippen LogP contribution in [0.2, 0.25) is 0 Å². The smallest absolute Gasteiger partial charge is 0.201 e. The molecule has 2 aromatic heterocycles. The fraction of sp³-hybridized carbons (Fsp3) is 0.440. The number of hydrogen-bond donors (Lipinski definition) is 3. The van der Waals surface area contributed by atoms with Crippen molar-refractivity contribution < 1.29 is 14.9 Å². The van der Waals surface area contributed by atoms with Crippen molar-refractivity contribution >= 4 is 5.57 Å². The number of aryl methyl sites for hydroxylation is 1. The van der Waals surface area contributed by atoms with Gasteiger partial charge in [0.15, 0.2) is 6.29 Å². The summed E-state index contributed by atoms with van der Waals surface area (Å²) < 4.78 is 7.21. The van der Waals surface area contributed by atoms with Gasteiger partial charge in [0.25, 0.3) is 0 Å². The summed E-state index contributed by atoms with van der Waals surface area (Å²) >= 11 is 0. The van der Waals surface area contributed by atoms with Gasteiger partial charge in [-0.2, -0.15) is 5.21 Å². The van der Waals surface area contributed by atoms with Crippen molar-refractivity contribution in [1.82, 2.24) is 30.2 Å². The van der Waals surface area contributed by atoms with E-state index in [0.29, 0.717) is 23.8 Å². The summed E-state index contributed by atoms with van der Waals surface area (Å²) in [4.78, 5) is 4.70. The molecule has 0 saturated carbocycles. The van der Waals surface area contributed by atoms with E-state index < -0.39 is 11.9 Å². The fourth-order valence-electron chi connectivity index (χ4n) is 4.41. The summed E-state index contributed by atoms with van der Waals surface area (Å²) in [6, 6.07) is 8.41. The van der Waals surface area contributed by atoms with E-state index in [1.165, 1.54) is 7.11 Å². The number of allylic oxidation sites excluding steroid dienone is 4. The predicted molar refractivity (Wildman–Crippen MR) is 128 cm³/mol. The lowest BCUT2D eigenvalue weighted by atomic mass is 9.84. The predicted octanol–water partition coefficient (Wildman–Crippen LogP) is 3.39. The lowest BCUT2D eigenvalue weighted by molar-refractivity contribution is -0.0850. The highest BCUT2D eigenvalue weighted by molar-refractivity contribution is 5.69. The van der Waals surface area contributed by atoms with E-state index in [2.05, 4.69) is 57.9 Å². The van der Waals surface area contributed by atoms with E-state index in [1.54, 1.807) is 13.8 Å². The molecular weight excluding hydrogens is 432 g/mol. The monoisotopic (exact) mass is 464 g/mol. The number of benzene rings is 1. The number of aliphatic hydroxyl groups is 2. The number of rotatable bonds is 9. The van der Waals surface area contributed by atoms with Gasteiger partial charge in [0.1, 0.15) is 17.1 Å². The number of H-pyrrole nitrogens is 1. The molecule has 4 rings (SSSR count). The van der Waals surface area contributed by atoms with Gasteiger partial charge < -0.3 is 19.5 Å². The van der Waals surface area contributed by atoms with Gasteiger partial charge in [0.2, 0.25) is 5.82 Å². The van der Waals surface area contributed by atoms with Gasteiger partial charge in [0.05, 0.1) is 5.69 Å². The molecule has 9 heteroatoms. The Morgan fingerprint density at radius 2 is 2.03 bits per heavy atom. The number of ether oxygens (including phenoxy) is 1. The van der Waals surface area contributed by atoms with Crippen LogP contribution >= 0.6 is 0 Å². The van der Waals surface area contributed by atoms with E-state index in [-0.39, 0.29) is 5.92 Å². The van der Waals surface area contributed by atoms with E-state index in [4.69, 9.17) is 9.72 Å². The van der Waals surface area contributed by atoms with Crippen LogP contribution < -0.4 is 0 Å². The maximum absolute atomic E-state index is 10.7. The van der Waals surface area contributed by atoms with Crippen LogP contribution in [0.1, 0.15) is 80.0 Å². The zero-order valence-corrected chi connectivity index (χ0v) is 20.1. The van der Waals surface area contributed by atoms with E-state index in [9.17, 15) is 10.2 Å². The molecule has 0 fully saturated rings. The summed E-state index contributed by atoms with van der Waals surface area (Å²) in [7, 11) is 1.44. The van der Waals surface area contributed by atoms with Crippen LogP contribution in [0.5, 0.6) is 0 Å². The molecule has 3 N–H and O–H groups in total. The largest absolute Gasteiger partial charge is 0.384 e. The molecule has 3 aromatic rings. The first kappa shape index (κ1) is 24.0. The standard InChI is InChI=1S/C25H32N6O3/c1-5-8-20-26-22(25(2,3)33)21(24(32)34-4)31(20)15-16-11-13-17(14-12-16)18-9-6-7-10-19(18)23-27-29-30-28-23/h6-7,10-14,18,24,32-33H,5,8-9,15H2,1-4H3,(H,27,28,29,30). The second-order valence-corrected chi connectivity index (χ2v) is 9.06. The molecule has 0 aliphatic heterocycles. The van der Waals surface area contributed by atoms with Crippen LogP contribution in [0.25, 0.3) is 5.57 Å². The molecule has 0 saturated heterocycles. The maximum Gasteiger partial charge on any atom is 0.201 e. The van der Waals surface area contributed by atoms with Crippen molar-refractivity contribution in [2.24, 2.45) is 0 Å². The minimum Gasteiger partial charge on any atom is -0.384 e. The Bertz CT molecular complexity index is 1160. The van der Waals surface area contributed by atoms with E-state index in [0.717, 1.165) is 41.8 Å². The topological polar surface area (TPSA) is 122 Å². The average Bonchev–Trinajstić information content (AvgIpc) is 3.48. The normalized spacial score (nSPS) is 17.1. The number of aromatic nitrogens is 6. The molecule has 0 spiro atoms. The van der Waals surface area contributed by atoms with Gasteiger partial charge in [-0.15, -0.1) is 10.2 Å². The number of aliphatic hydroxyl groups excluding tert-OH is 1. The van der Waals surface area contributed by atoms with Crippen molar-refractivity contribution in [2.75, 3.05) is 7.11 Å². The van der Waals surface area contributed by atoms with Gasteiger partial charge >= 0.3 is 0 Å². The Morgan fingerprint density at radius 1 is 1.26 bits per heavy atom. The first-order valence-corrected chi connectivity index (χ1v) is 11.6. The zero-order chi connectivity index (χ0) is 24.3. The summed E-state index contributed by atoms with van der Waals surface area (Å²) in [5, 5.41) is 35.9. The highest BCUT2D eigenvalue weighted by Gasteiger charge is 2.31. The maximum atomic E-state index is 10.7. The Morgan fingerprint density at radius 3 is 2.65 bits per heavy atom. The SMILES string of the molecule is CCCc1nc(C(C)(C)O)c(C(O)OC)n1Cc1ccc(C2CC=CC=C2c2nn[nH]n2)cc1. The van der Waals surface area contributed by atoms with E-state index in [1.807, 2.05) is 16.7 Å². The van der Waals surface area contributed by atoms with Crippen molar-refractivity contribution in [3.05, 3.63) is 76.7 Å². The van der Waals surface area contributed by atoms with Gasteiger partial charge in [-0.3, -0.25) is 0 Å². The molecule has 2 unspecified atom stereocenters. The minimum atomic E-state index is -1.21. The molecule has 1 aliphatic carbocycles. The number of hydrogen-bond acceptors (Lipinski definition) is 7. The molecule has 9 nitrogen and oxygen atoms in total. The number of methoxy groups -OCH3 is 1. The van der Waals surface area contributed by atoms with Crippen molar-refractivity contribution in [2.45, 2.75) is 64.4 Å². The molecule has 0 radical (unpaired) electrons. The molecule has 0 amide bonds. The van der Waals surface area contributed by atoms with Crippen LogP contribution in [0.4, 0.5) is 0 Å². The highest BCUT2D eigenvalue weighted by Crippen LogP contribution is 2.36. The van der Waals surface area contributed by atoms with Crippen LogP contribution in [0.3, 0.4) is 0 Å². The lowest BCUT2D eigenvalue weighted by Crippen LogP contribution is -2.22. The van der Waals surface area contributed by atoms with Gasteiger partial charge in [0, 0.05) is 31.6 Å². The molecule has 1 aromatic carbocycles. The Hall–Kier alpha value is -3.14. The lowest BCUT2D eigenvalue weighted by Gasteiger charge is -2.22. The number of imidazole rings is 1. The Balaban J connectivity index is 1.65. The Kier molecular flexibility index (Phi) is 7.06. The molecular formula is C25H32N6O3. The number of aromatic amines is 1. The Labute approximate surface area is 199 Å². The third-order valence-corrected chi connectivity index (χ3v) is 6.08. The third kappa shape index (κ3) is 4.86. The summed E-state index contributed by atoms with van der Waals surface area (Å²) in [6.07, 6.45) is 7.49. The van der Waals surface area contributed by atoms with Crippen molar-refractivity contribution in [3.63, 3.8) is 0 Å². The number of nitrogens with zero attached hydrogens (tertiary/aromatic N) is 5. The van der Waals surface area contributed by atoms with Crippen LogP contribution in [-0.4, -0.2) is 47.5 Å². The van der Waals surface area contributed by atoms with Gasteiger partial charge in [-0.25, -0.2) is 4.98 Å². The van der Waals surface area contributed by atoms with Crippen LogP contribution in [0, 0.1) is 0 Å². The molecule has 1 aliphatic rings. The molecule has 2 atom stereocenters. The van der Waals surface area contributed by atoms with Crippen LogP contribution in [-0.2, 0) is 23.3 Å². The van der Waals surface area contributed by atoms with Gasteiger partial charge in [-0.05, 0) is 43.0 Å². The molecule has 2 heterocycles. The highest BCUT2D eigenvalue weighted by atomic mass is 16.6. The number of tetrazole rings is 1. The van der Waals surface area contributed by atoms with Crippen LogP contribution in [0.15, 0.2) is 42.5 Å². The van der Waals surface area contributed by atoms with E-state index >= 15 is 0 Å².